The third-order valence-electron chi connectivity index (χ3n) is 3.50. The number of hydrogen-bond acceptors (Lipinski definition) is 4. The topological polar surface area (TPSA) is 61.3 Å². The molecule has 0 aliphatic rings. The third kappa shape index (κ3) is 2.96. The predicted molar refractivity (Wildman–Crippen MR) is 86.6 cm³/mol. The molecule has 0 radical (unpaired) electrons. The zero-order valence-corrected chi connectivity index (χ0v) is 12.7. The van der Waals surface area contributed by atoms with Crippen LogP contribution in [0.4, 0.5) is 5.82 Å². The van der Waals surface area contributed by atoms with E-state index >= 15 is 0 Å². The van der Waals surface area contributed by atoms with E-state index in [0.717, 1.165) is 28.0 Å². The maximum atomic E-state index is 5.98. The number of benzene rings is 2. The van der Waals surface area contributed by atoms with Crippen molar-refractivity contribution in [1.82, 2.24) is 5.16 Å². The third-order valence-corrected chi connectivity index (χ3v) is 3.50. The van der Waals surface area contributed by atoms with Crippen LogP contribution in [-0.4, -0.2) is 5.16 Å². The lowest BCUT2D eigenvalue weighted by atomic mass is 10.0. The first-order valence-electron chi connectivity index (χ1n) is 7.14. The first-order valence-corrected chi connectivity index (χ1v) is 7.14. The Kier molecular flexibility index (Phi) is 3.83. The van der Waals surface area contributed by atoms with Gasteiger partial charge in [-0.3, -0.25) is 0 Å². The van der Waals surface area contributed by atoms with E-state index in [-0.39, 0.29) is 0 Å². The smallest absolute Gasteiger partial charge is 0.169 e. The van der Waals surface area contributed by atoms with Crippen LogP contribution in [-0.2, 0) is 6.61 Å². The molecule has 0 aliphatic carbocycles. The molecule has 0 saturated heterocycles. The van der Waals surface area contributed by atoms with E-state index in [4.69, 9.17) is 15.0 Å². The van der Waals surface area contributed by atoms with Gasteiger partial charge in [-0.25, -0.2) is 0 Å². The molecule has 4 nitrogen and oxygen atoms in total. The van der Waals surface area contributed by atoms with Crippen molar-refractivity contribution >= 4 is 5.82 Å². The minimum absolute atomic E-state index is 0.384. The monoisotopic (exact) mass is 294 g/mol. The van der Waals surface area contributed by atoms with Crippen molar-refractivity contribution in [2.75, 3.05) is 5.73 Å². The van der Waals surface area contributed by atoms with Crippen molar-refractivity contribution < 1.29 is 9.26 Å². The number of aromatic nitrogens is 1. The number of nitrogens with two attached hydrogens (primary N) is 1. The van der Waals surface area contributed by atoms with Crippen LogP contribution in [0.5, 0.6) is 5.75 Å². The van der Waals surface area contributed by atoms with Crippen molar-refractivity contribution in [2.45, 2.75) is 20.5 Å². The van der Waals surface area contributed by atoms with E-state index in [1.807, 2.05) is 44.2 Å². The highest BCUT2D eigenvalue weighted by Crippen LogP contribution is 2.31. The van der Waals surface area contributed by atoms with Crippen molar-refractivity contribution in [1.29, 1.82) is 0 Å². The van der Waals surface area contributed by atoms with Crippen molar-refractivity contribution in [3.05, 3.63) is 65.2 Å². The molecule has 0 amide bonds. The number of nitrogens with zero attached hydrogens (tertiary/aromatic N) is 1. The number of rotatable bonds is 4. The lowest BCUT2D eigenvalue weighted by Gasteiger charge is -2.13. The van der Waals surface area contributed by atoms with Gasteiger partial charge in [0, 0.05) is 11.6 Å². The van der Waals surface area contributed by atoms with Crippen LogP contribution in [0.15, 0.2) is 53.1 Å². The summed E-state index contributed by atoms with van der Waals surface area (Å²) >= 11 is 0. The Morgan fingerprint density at radius 3 is 2.32 bits per heavy atom. The highest BCUT2D eigenvalue weighted by molar-refractivity contribution is 5.64. The Hall–Kier alpha value is -2.75. The molecule has 0 atom stereocenters. The summed E-state index contributed by atoms with van der Waals surface area (Å²) in [7, 11) is 0. The Balaban J connectivity index is 1.84. The first kappa shape index (κ1) is 14.2. The van der Waals surface area contributed by atoms with Gasteiger partial charge < -0.3 is 15.0 Å². The average molecular weight is 294 g/mol. The second-order valence-corrected chi connectivity index (χ2v) is 5.33. The molecule has 1 aromatic heterocycles. The SMILES string of the molecule is Cc1cc(-c2cc(N)no2)cc(C)c1OCc1ccccc1. The lowest BCUT2D eigenvalue weighted by molar-refractivity contribution is 0.302. The van der Waals surface area contributed by atoms with Gasteiger partial charge in [-0.1, -0.05) is 35.5 Å². The highest BCUT2D eigenvalue weighted by Gasteiger charge is 2.11. The Morgan fingerprint density at radius 2 is 1.73 bits per heavy atom. The fourth-order valence-electron chi connectivity index (χ4n) is 2.47. The molecule has 0 unspecified atom stereocenters. The minimum atomic E-state index is 0.384. The summed E-state index contributed by atoms with van der Waals surface area (Å²) < 4.78 is 11.2. The summed E-state index contributed by atoms with van der Waals surface area (Å²) in [6.07, 6.45) is 0. The van der Waals surface area contributed by atoms with Gasteiger partial charge in [0.1, 0.15) is 12.4 Å². The molecule has 3 aromatic rings. The van der Waals surface area contributed by atoms with E-state index in [9.17, 15) is 0 Å². The molecular weight excluding hydrogens is 276 g/mol. The molecule has 0 fully saturated rings. The largest absolute Gasteiger partial charge is 0.488 e. The van der Waals surface area contributed by atoms with Gasteiger partial charge in [-0.2, -0.15) is 0 Å². The van der Waals surface area contributed by atoms with Crippen molar-refractivity contribution in [2.24, 2.45) is 0 Å². The van der Waals surface area contributed by atoms with E-state index in [0.29, 0.717) is 18.2 Å². The molecule has 0 spiro atoms. The Bertz CT molecular complexity index is 756. The molecule has 2 N–H and O–H groups in total. The summed E-state index contributed by atoms with van der Waals surface area (Å²) in [5, 5.41) is 3.72. The Labute approximate surface area is 129 Å². The molecule has 112 valence electrons. The van der Waals surface area contributed by atoms with Crippen LogP contribution in [0.3, 0.4) is 0 Å². The van der Waals surface area contributed by atoms with Crippen LogP contribution in [0.1, 0.15) is 16.7 Å². The molecule has 22 heavy (non-hydrogen) atoms. The summed E-state index contributed by atoms with van der Waals surface area (Å²) in [6, 6.07) is 15.9. The van der Waals surface area contributed by atoms with Gasteiger partial charge in [0.2, 0.25) is 0 Å². The molecule has 0 saturated carbocycles. The molecule has 2 aromatic carbocycles. The first-order chi connectivity index (χ1) is 10.6. The van der Waals surface area contributed by atoms with Crippen LogP contribution >= 0.6 is 0 Å². The zero-order chi connectivity index (χ0) is 15.5. The number of anilines is 1. The quantitative estimate of drug-likeness (QED) is 0.786. The maximum absolute atomic E-state index is 5.98. The fraction of sp³-hybridized carbons (Fsp3) is 0.167. The molecule has 1 heterocycles. The molecule has 0 aliphatic heterocycles. The molecule has 0 bridgehead atoms. The molecule has 4 heteroatoms. The summed E-state index contributed by atoms with van der Waals surface area (Å²) in [6.45, 7) is 4.60. The summed E-state index contributed by atoms with van der Waals surface area (Å²) in [5.74, 6) is 1.95. The van der Waals surface area contributed by atoms with E-state index < -0.39 is 0 Å². The van der Waals surface area contributed by atoms with Crippen molar-refractivity contribution in [3.63, 3.8) is 0 Å². The zero-order valence-electron chi connectivity index (χ0n) is 12.7. The molecule has 3 rings (SSSR count). The normalized spacial score (nSPS) is 10.6. The van der Waals surface area contributed by atoms with Crippen LogP contribution < -0.4 is 10.5 Å². The number of ether oxygens (including phenoxy) is 1. The van der Waals surface area contributed by atoms with Crippen LogP contribution in [0.25, 0.3) is 11.3 Å². The second kappa shape index (κ2) is 5.93. The van der Waals surface area contributed by atoms with Crippen LogP contribution in [0, 0.1) is 13.8 Å². The maximum Gasteiger partial charge on any atom is 0.169 e. The molecular formula is C18H18N2O2. The number of aryl methyl sites for hydroxylation is 2. The standard InChI is InChI=1S/C18H18N2O2/c1-12-8-15(16-10-17(19)20-22-16)9-13(2)18(12)21-11-14-6-4-3-5-7-14/h3-10H,11H2,1-2H3,(H2,19,20). The highest BCUT2D eigenvalue weighted by atomic mass is 16.5. The van der Waals surface area contributed by atoms with Gasteiger partial charge in [0.05, 0.1) is 0 Å². The van der Waals surface area contributed by atoms with Gasteiger partial charge in [-0.05, 0) is 42.7 Å². The predicted octanol–water partition coefficient (Wildman–Crippen LogP) is 4.12. The second-order valence-electron chi connectivity index (χ2n) is 5.33. The Morgan fingerprint density at radius 1 is 1.05 bits per heavy atom. The van der Waals surface area contributed by atoms with E-state index in [1.165, 1.54) is 0 Å². The van der Waals surface area contributed by atoms with Crippen molar-refractivity contribution in [3.8, 4) is 17.1 Å². The van der Waals surface area contributed by atoms with Gasteiger partial charge in [0.15, 0.2) is 11.6 Å². The number of hydrogen-bond donors (Lipinski definition) is 1. The van der Waals surface area contributed by atoms with Gasteiger partial charge in [-0.15, -0.1) is 0 Å². The summed E-state index contributed by atoms with van der Waals surface area (Å²) in [5.41, 5.74) is 9.81. The minimum Gasteiger partial charge on any atom is -0.488 e. The van der Waals surface area contributed by atoms with E-state index in [1.54, 1.807) is 6.07 Å². The average Bonchev–Trinajstić information content (AvgIpc) is 2.94. The van der Waals surface area contributed by atoms with E-state index in [2.05, 4.69) is 17.3 Å². The number of nitrogen functional groups attached to an aromatic ring is 1. The lowest BCUT2D eigenvalue weighted by Crippen LogP contribution is -1.99. The van der Waals surface area contributed by atoms with Crippen LogP contribution in [0.2, 0.25) is 0 Å². The fourth-order valence-corrected chi connectivity index (χ4v) is 2.47. The van der Waals surface area contributed by atoms with Gasteiger partial charge >= 0.3 is 0 Å². The van der Waals surface area contributed by atoms with Gasteiger partial charge in [0.25, 0.3) is 0 Å². The summed E-state index contributed by atoms with van der Waals surface area (Å²) in [4.78, 5) is 0.